The van der Waals surface area contributed by atoms with E-state index in [1.54, 1.807) is 20.0 Å². The number of carboxylic acids is 1. The van der Waals surface area contributed by atoms with Crippen LogP contribution in [-0.4, -0.2) is 51.1 Å². The number of thioether (sulfide) groups is 1. The summed E-state index contributed by atoms with van der Waals surface area (Å²) in [5.74, 6) is 1.30. The maximum absolute atomic E-state index is 13.3. The Morgan fingerprint density at radius 3 is 2.71 bits per heavy atom. The van der Waals surface area contributed by atoms with E-state index in [0.717, 1.165) is 47.0 Å². The highest BCUT2D eigenvalue weighted by molar-refractivity contribution is 8.03. The highest BCUT2D eigenvalue weighted by Crippen LogP contribution is 2.38. The lowest BCUT2D eigenvalue weighted by atomic mass is 9.86. The van der Waals surface area contributed by atoms with Crippen molar-refractivity contribution in [3.05, 3.63) is 30.0 Å². The molecule has 0 radical (unpaired) electrons. The number of aromatic nitrogens is 1. The fraction of sp³-hybridized carbons (Fsp3) is 0.542. The molecule has 1 aliphatic heterocycles. The smallest absolute Gasteiger partial charge is 0.323 e. The third kappa shape index (κ3) is 5.96. The van der Waals surface area contributed by atoms with Crippen molar-refractivity contribution in [1.29, 1.82) is 0 Å². The second kappa shape index (κ2) is 10.4. The monoisotopic (exact) mass is 505 g/mol. The van der Waals surface area contributed by atoms with Crippen molar-refractivity contribution in [2.75, 3.05) is 18.7 Å². The van der Waals surface area contributed by atoms with Gasteiger partial charge >= 0.3 is 12.0 Å². The van der Waals surface area contributed by atoms with Crippen LogP contribution in [0.5, 0.6) is 11.5 Å². The standard InChI is InChI=1S/C24H31N3O5S2/c1-15-4-7-17(8-5-15)27(11-10-16-6-9-18-19(12-16)32-14-31-18)23(30)26-22-25-13-20(33-22)34-24(2,3)21(28)29/h6,9,12-13,15,17H,4-5,7-8,10-11,14H2,1-3H3,(H,28,29)(H,25,26,30). The number of anilines is 1. The molecule has 0 saturated heterocycles. The van der Waals surface area contributed by atoms with Gasteiger partial charge in [0.05, 0.1) is 10.4 Å². The second-order valence-corrected chi connectivity index (χ2v) is 12.3. The SMILES string of the molecule is CC1CCC(N(CCc2ccc3c(c2)OCO3)C(=O)Nc2ncc(SC(C)(C)C(=O)O)s2)CC1. The first-order chi connectivity index (χ1) is 16.2. The summed E-state index contributed by atoms with van der Waals surface area (Å²) in [6.45, 7) is 6.40. The number of thiazole rings is 1. The third-order valence-electron chi connectivity index (χ3n) is 6.33. The van der Waals surface area contributed by atoms with E-state index in [4.69, 9.17) is 9.47 Å². The number of aliphatic carboxylic acids is 1. The predicted molar refractivity (Wildman–Crippen MR) is 133 cm³/mol. The molecule has 0 atom stereocenters. The van der Waals surface area contributed by atoms with Crippen LogP contribution in [-0.2, 0) is 11.2 Å². The average molecular weight is 506 g/mol. The number of nitrogens with one attached hydrogen (secondary N) is 1. The topological polar surface area (TPSA) is 101 Å². The molecule has 184 valence electrons. The second-order valence-electron chi connectivity index (χ2n) is 9.38. The number of carboxylic acid groups (broad SMARTS) is 1. The Balaban J connectivity index is 1.43. The van der Waals surface area contributed by atoms with Crippen molar-refractivity contribution in [3.63, 3.8) is 0 Å². The zero-order valence-corrected chi connectivity index (χ0v) is 21.3. The van der Waals surface area contributed by atoms with Crippen molar-refractivity contribution in [3.8, 4) is 11.5 Å². The average Bonchev–Trinajstić information content (AvgIpc) is 3.43. The maximum Gasteiger partial charge on any atom is 0.323 e. The number of hydrogen-bond donors (Lipinski definition) is 2. The molecule has 2 aliphatic rings. The van der Waals surface area contributed by atoms with Crippen molar-refractivity contribution in [2.24, 2.45) is 5.92 Å². The fourth-order valence-corrected chi connectivity index (χ4v) is 6.44. The first-order valence-electron chi connectivity index (χ1n) is 11.6. The van der Waals surface area contributed by atoms with Crippen LogP contribution in [0.4, 0.5) is 9.93 Å². The Labute approximate surface area is 208 Å². The van der Waals surface area contributed by atoms with Crippen molar-refractivity contribution in [2.45, 2.75) is 67.9 Å². The number of benzene rings is 1. The molecular weight excluding hydrogens is 474 g/mol. The molecule has 2 amide bonds. The van der Waals surface area contributed by atoms with Gasteiger partial charge in [0, 0.05) is 12.6 Å². The number of fused-ring (bicyclic) bond motifs is 1. The van der Waals surface area contributed by atoms with Crippen LogP contribution in [0.15, 0.2) is 28.6 Å². The lowest BCUT2D eigenvalue weighted by molar-refractivity contribution is -0.138. The lowest BCUT2D eigenvalue weighted by Gasteiger charge is -2.36. The normalized spacial score (nSPS) is 19.6. The minimum absolute atomic E-state index is 0.163. The zero-order chi connectivity index (χ0) is 24.3. The first kappa shape index (κ1) is 24.7. The zero-order valence-electron chi connectivity index (χ0n) is 19.7. The number of nitrogens with zero attached hydrogens (tertiary/aromatic N) is 2. The molecule has 1 aliphatic carbocycles. The highest BCUT2D eigenvalue weighted by Gasteiger charge is 2.31. The molecule has 1 saturated carbocycles. The third-order valence-corrected chi connectivity index (χ3v) is 8.53. The van der Waals surface area contributed by atoms with E-state index in [1.807, 2.05) is 23.1 Å². The maximum atomic E-state index is 13.3. The van der Waals surface area contributed by atoms with Crippen LogP contribution >= 0.6 is 23.1 Å². The largest absolute Gasteiger partial charge is 0.480 e. The van der Waals surface area contributed by atoms with Gasteiger partial charge in [0.1, 0.15) is 4.75 Å². The van der Waals surface area contributed by atoms with E-state index in [2.05, 4.69) is 17.2 Å². The molecule has 0 unspecified atom stereocenters. The van der Waals surface area contributed by atoms with Gasteiger partial charge in [-0.1, -0.05) is 36.1 Å². The minimum atomic E-state index is -0.969. The van der Waals surface area contributed by atoms with Gasteiger partial charge in [-0.25, -0.2) is 9.78 Å². The van der Waals surface area contributed by atoms with E-state index in [0.29, 0.717) is 24.0 Å². The fourth-order valence-electron chi connectivity index (χ4n) is 4.17. The number of carbonyl (C=O) groups is 2. The number of amides is 2. The number of urea groups is 1. The quantitative estimate of drug-likeness (QED) is 0.458. The molecule has 2 heterocycles. The Morgan fingerprint density at radius 1 is 1.24 bits per heavy atom. The molecule has 1 aromatic carbocycles. The predicted octanol–water partition coefficient (Wildman–Crippen LogP) is 5.48. The summed E-state index contributed by atoms with van der Waals surface area (Å²) in [5.41, 5.74) is 1.09. The molecule has 2 aromatic rings. The van der Waals surface area contributed by atoms with Crippen molar-refractivity contribution in [1.82, 2.24) is 9.88 Å². The molecule has 8 nitrogen and oxygen atoms in total. The van der Waals surface area contributed by atoms with Gasteiger partial charge in [-0.2, -0.15) is 0 Å². The number of hydrogen-bond acceptors (Lipinski definition) is 7. The number of ether oxygens (including phenoxy) is 2. The molecule has 2 N–H and O–H groups in total. The molecule has 1 fully saturated rings. The van der Waals surface area contributed by atoms with Crippen LogP contribution in [0, 0.1) is 5.92 Å². The van der Waals surface area contributed by atoms with Crippen LogP contribution < -0.4 is 14.8 Å². The van der Waals surface area contributed by atoms with Crippen molar-refractivity contribution >= 4 is 40.2 Å². The number of carbonyl (C=O) groups excluding carboxylic acids is 1. The van der Waals surface area contributed by atoms with Gasteiger partial charge in [0.15, 0.2) is 16.6 Å². The summed E-state index contributed by atoms with van der Waals surface area (Å²) in [6, 6.07) is 5.93. The Hall–Kier alpha value is -2.46. The Bertz CT molecular complexity index is 1030. The summed E-state index contributed by atoms with van der Waals surface area (Å²) >= 11 is 2.52. The molecule has 0 bridgehead atoms. The van der Waals surface area contributed by atoms with Crippen LogP contribution in [0.2, 0.25) is 0 Å². The van der Waals surface area contributed by atoms with Gasteiger partial charge in [-0.3, -0.25) is 10.1 Å². The Kier molecular flexibility index (Phi) is 7.57. The van der Waals surface area contributed by atoms with Crippen LogP contribution in [0.3, 0.4) is 0 Å². The van der Waals surface area contributed by atoms with Crippen LogP contribution in [0.25, 0.3) is 0 Å². The molecule has 1 aromatic heterocycles. The van der Waals surface area contributed by atoms with E-state index >= 15 is 0 Å². The summed E-state index contributed by atoms with van der Waals surface area (Å²) in [7, 11) is 0. The van der Waals surface area contributed by atoms with E-state index in [1.165, 1.54) is 23.1 Å². The van der Waals surface area contributed by atoms with Crippen molar-refractivity contribution < 1.29 is 24.2 Å². The number of rotatable bonds is 8. The molecule has 4 rings (SSSR count). The van der Waals surface area contributed by atoms with Gasteiger partial charge in [-0.15, -0.1) is 0 Å². The van der Waals surface area contributed by atoms with Gasteiger partial charge < -0.3 is 19.5 Å². The summed E-state index contributed by atoms with van der Waals surface area (Å²) in [4.78, 5) is 31.0. The Morgan fingerprint density at radius 2 is 1.97 bits per heavy atom. The molecule has 10 heteroatoms. The van der Waals surface area contributed by atoms with Crippen LogP contribution in [0.1, 0.15) is 52.0 Å². The van der Waals surface area contributed by atoms with E-state index in [-0.39, 0.29) is 18.9 Å². The van der Waals surface area contributed by atoms with E-state index < -0.39 is 10.7 Å². The summed E-state index contributed by atoms with van der Waals surface area (Å²) < 4.78 is 10.7. The van der Waals surface area contributed by atoms with E-state index in [9.17, 15) is 14.7 Å². The van der Waals surface area contributed by atoms with Gasteiger partial charge in [-0.05, 0) is 69.6 Å². The first-order valence-corrected chi connectivity index (χ1v) is 13.2. The molecular formula is C24H31N3O5S2. The summed E-state index contributed by atoms with van der Waals surface area (Å²) in [6.07, 6.45) is 6.53. The van der Waals surface area contributed by atoms with Gasteiger partial charge in [0.25, 0.3) is 0 Å². The van der Waals surface area contributed by atoms with Gasteiger partial charge in [0.2, 0.25) is 6.79 Å². The summed E-state index contributed by atoms with van der Waals surface area (Å²) in [5, 5.41) is 12.8. The lowest BCUT2D eigenvalue weighted by Crippen LogP contribution is -2.45. The highest BCUT2D eigenvalue weighted by atomic mass is 32.2. The molecule has 34 heavy (non-hydrogen) atoms. The molecule has 0 spiro atoms. The minimum Gasteiger partial charge on any atom is -0.480 e.